The van der Waals surface area contributed by atoms with Gasteiger partial charge >= 0.3 is 0 Å². The molecular weight excluding hydrogens is 471 g/mol. The van der Waals surface area contributed by atoms with Crippen molar-refractivity contribution in [1.82, 2.24) is 15.5 Å². The van der Waals surface area contributed by atoms with Crippen LogP contribution < -0.4 is 10.1 Å². The van der Waals surface area contributed by atoms with Crippen LogP contribution in [0.5, 0.6) is 11.6 Å². The monoisotopic (exact) mass is 491 g/mol. The molecule has 0 bridgehead atoms. The van der Waals surface area contributed by atoms with E-state index in [9.17, 15) is 13.6 Å². The number of fused-ring (bicyclic) bond motifs is 1. The lowest BCUT2D eigenvalue weighted by molar-refractivity contribution is -0.00242. The van der Waals surface area contributed by atoms with E-state index in [1.54, 1.807) is 37.3 Å². The van der Waals surface area contributed by atoms with Crippen LogP contribution in [0.4, 0.5) is 8.78 Å². The molecule has 1 aliphatic rings. The van der Waals surface area contributed by atoms with Gasteiger partial charge in [0.2, 0.25) is 0 Å². The highest BCUT2D eigenvalue weighted by Crippen LogP contribution is 2.35. The first kappa shape index (κ1) is 23.4. The Hall–Kier alpha value is -2.77. The Balaban J connectivity index is 1.63. The van der Waals surface area contributed by atoms with E-state index in [1.165, 1.54) is 12.1 Å². The van der Waals surface area contributed by atoms with E-state index in [0.717, 1.165) is 18.4 Å². The van der Waals surface area contributed by atoms with E-state index in [0.29, 0.717) is 34.9 Å². The van der Waals surface area contributed by atoms with Crippen LogP contribution in [0.2, 0.25) is 10.0 Å². The number of alkyl halides is 2. The lowest BCUT2D eigenvalue weighted by Gasteiger charge is -2.22. The van der Waals surface area contributed by atoms with Gasteiger partial charge in [-0.15, -0.1) is 5.10 Å². The van der Waals surface area contributed by atoms with E-state index in [2.05, 4.69) is 15.5 Å². The zero-order valence-corrected chi connectivity index (χ0v) is 19.3. The fourth-order valence-corrected chi connectivity index (χ4v) is 4.35. The third-order valence-electron chi connectivity index (χ3n) is 5.44. The Morgan fingerprint density at radius 1 is 1.12 bits per heavy atom. The predicted molar refractivity (Wildman–Crippen MR) is 123 cm³/mol. The maximum atomic E-state index is 14.9. The molecule has 1 N–H and O–H groups in total. The molecule has 0 saturated heterocycles. The lowest BCUT2D eigenvalue weighted by Crippen LogP contribution is -2.36. The number of nitrogens with one attached hydrogen (secondary N) is 1. The number of rotatable bonds is 6. The second-order valence-corrected chi connectivity index (χ2v) is 8.79. The molecule has 33 heavy (non-hydrogen) atoms. The lowest BCUT2D eigenvalue weighted by atomic mass is 9.92. The van der Waals surface area contributed by atoms with Crippen LogP contribution in [0.3, 0.4) is 0 Å². The molecule has 1 heterocycles. The van der Waals surface area contributed by atoms with Crippen molar-refractivity contribution in [3.05, 3.63) is 80.5 Å². The molecule has 9 heteroatoms. The number of ether oxygens (including phenoxy) is 1. The number of amides is 1. The molecule has 0 unspecified atom stereocenters. The van der Waals surface area contributed by atoms with Crippen molar-refractivity contribution in [2.75, 3.05) is 6.54 Å². The summed E-state index contributed by atoms with van der Waals surface area (Å²) in [6.07, 6.45) is 3.01. The first-order chi connectivity index (χ1) is 15.7. The van der Waals surface area contributed by atoms with Crippen LogP contribution in [0.1, 0.15) is 45.6 Å². The number of carbonyl (C=O) groups is 1. The Bertz CT molecular complexity index is 1200. The van der Waals surface area contributed by atoms with E-state index in [4.69, 9.17) is 27.9 Å². The number of halogens is 4. The molecular formula is C24H21Cl2F2N3O2. The summed E-state index contributed by atoms with van der Waals surface area (Å²) in [7, 11) is 0. The molecule has 0 fully saturated rings. The third-order valence-corrected chi connectivity index (χ3v) is 5.99. The summed E-state index contributed by atoms with van der Waals surface area (Å²) in [5.74, 6) is -3.76. The average Bonchev–Trinajstić information content (AvgIpc) is 2.77. The Morgan fingerprint density at radius 2 is 1.91 bits per heavy atom. The zero-order valence-electron chi connectivity index (χ0n) is 17.8. The van der Waals surface area contributed by atoms with Crippen LogP contribution >= 0.6 is 23.2 Å². The van der Waals surface area contributed by atoms with Gasteiger partial charge in [0, 0.05) is 10.6 Å². The molecule has 0 atom stereocenters. The molecule has 0 radical (unpaired) electrons. The first-order valence-corrected chi connectivity index (χ1v) is 11.2. The largest absolute Gasteiger partial charge is 0.437 e. The summed E-state index contributed by atoms with van der Waals surface area (Å²) in [6.45, 7) is 0.832. The van der Waals surface area contributed by atoms with Crippen LogP contribution in [0.15, 0.2) is 42.5 Å². The number of aromatic nitrogens is 2. The maximum absolute atomic E-state index is 14.9. The molecule has 0 saturated carbocycles. The minimum atomic E-state index is -3.37. The second-order valence-electron chi connectivity index (χ2n) is 7.94. The van der Waals surface area contributed by atoms with Crippen molar-refractivity contribution in [2.24, 2.45) is 0 Å². The summed E-state index contributed by atoms with van der Waals surface area (Å²) in [5, 5.41) is 11.0. The molecule has 1 aromatic heterocycles. The van der Waals surface area contributed by atoms with Gasteiger partial charge in [0.25, 0.3) is 17.7 Å². The van der Waals surface area contributed by atoms with Gasteiger partial charge in [0.05, 0.1) is 17.3 Å². The van der Waals surface area contributed by atoms with Crippen LogP contribution in [-0.4, -0.2) is 22.6 Å². The number of hydrogen-bond acceptors (Lipinski definition) is 4. The Morgan fingerprint density at radius 3 is 2.67 bits per heavy atom. The van der Waals surface area contributed by atoms with E-state index < -0.39 is 18.4 Å². The quantitative estimate of drug-likeness (QED) is 0.440. The van der Waals surface area contributed by atoms with Crippen molar-refractivity contribution < 1.29 is 18.3 Å². The first-order valence-electron chi connectivity index (χ1n) is 10.5. The second kappa shape index (κ2) is 9.61. The van der Waals surface area contributed by atoms with Crippen molar-refractivity contribution in [3.63, 3.8) is 0 Å². The van der Waals surface area contributed by atoms with Crippen LogP contribution in [0, 0.1) is 6.92 Å². The topological polar surface area (TPSA) is 64.1 Å². The molecule has 0 spiro atoms. The maximum Gasteiger partial charge on any atom is 0.291 e. The molecule has 4 rings (SSSR count). The van der Waals surface area contributed by atoms with Gasteiger partial charge in [0.15, 0.2) is 0 Å². The van der Waals surface area contributed by atoms with Gasteiger partial charge < -0.3 is 10.1 Å². The van der Waals surface area contributed by atoms with Crippen molar-refractivity contribution in [1.29, 1.82) is 0 Å². The fraction of sp³-hybridized carbons (Fsp3) is 0.292. The highest BCUT2D eigenvalue weighted by Gasteiger charge is 2.35. The number of aryl methyl sites for hydroxylation is 2. The van der Waals surface area contributed by atoms with Crippen LogP contribution in [-0.2, 0) is 18.8 Å². The third kappa shape index (κ3) is 5.25. The van der Waals surface area contributed by atoms with Gasteiger partial charge in [0.1, 0.15) is 11.3 Å². The van der Waals surface area contributed by atoms with Crippen molar-refractivity contribution in [2.45, 2.75) is 38.5 Å². The molecule has 3 aromatic rings. The average molecular weight is 492 g/mol. The summed E-state index contributed by atoms with van der Waals surface area (Å²) >= 11 is 12.0. The van der Waals surface area contributed by atoms with E-state index in [1.807, 2.05) is 0 Å². The SMILES string of the molecule is Cc1ccc(C(F)(F)CNC(=O)c2c(Oc3cccc(Cl)c3)nnc3c2CCCC3)c(Cl)c1. The molecule has 2 aromatic carbocycles. The highest BCUT2D eigenvalue weighted by atomic mass is 35.5. The molecule has 0 aliphatic heterocycles. The van der Waals surface area contributed by atoms with E-state index in [-0.39, 0.29) is 22.0 Å². The molecule has 5 nitrogen and oxygen atoms in total. The fourth-order valence-electron chi connectivity index (χ4n) is 3.79. The van der Waals surface area contributed by atoms with Gasteiger partial charge in [-0.2, -0.15) is 13.9 Å². The Kier molecular flexibility index (Phi) is 6.81. The minimum Gasteiger partial charge on any atom is -0.437 e. The van der Waals surface area contributed by atoms with Crippen molar-refractivity contribution in [3.8, 4) is 11.6 Å². The number of nitrogens with zero attached hydrogens (tertiary/aromatic N) is 2. The van der Waals surface area contributed by atoms with Gasteiger partial charge in [-0.3, -0.25) is 4.79 Å². The van der Waals surface area contributed by atoms with Crippen molar-refractivity contribution >= 4 is 29.1 Å². The van der Waals surface area contributed by atoms with Gasteiger partial charge in [-0.25, -0.2) is 0 Å². The number of hydrogen-bond donors (Lipinski definition) is 1. The molecule has 172 valence electrons. The van der Waals surface area contributed by atoms with Gasteiger partial charge in [-0.05, 0) is 68.0 Å². The normalized spacial score (nSPS) is 13.4. The molecule has 1 amide bonds. The minimum absolute atomic E-state index is 0.0490. The molecule has 1 aliphatic carbocycles. The standard InChI is InChI=1S/C24H21Cl2F2N3O2/c1-14-9-10-18(19(26)11-14)24(27,28)13-29-22(32)21-17-7-2-3-8-20(17)30-31-23(21)33-16-6-4-5-15(25)12-16/h4-6,9-12H,2-3,7-8,13H2,1H3,(H,29,32). The summed E-state index contributed by atoms with van der Waals surface area (Å²) in [6, 6.07) is 10.9. The van der Waals surface area contributed by atoms with Crippen LogP contribution in [0.25, 0.3) is 0 Å². The highest BCUT2D eigenvalue weighted by molar-refractivity contribution is 6.31. The predicted octanol–water partition coefficient (Wildman–Crippen LogP) is 6.28. The number of benzene rings is 2. The van der Waals surface area contributed by atoms with E-state index >= 15 is 0 Å². The van der Waals surface area contributed by atoms with Gasteiger partial charge in [-0.1, -0.05) is 41.4 Å². The Labute approximate surface area is 200 Å². The zero-order chi connectivity index (χ0) is 23.6. The summed E-state index contributed by atoms with van der Waals surface area (Å²) in [5.41, 5.74) is 1.88. The summed E-state index contributed by atoms with van der Waals surface area (Å²) in [4.78, 5) is 13.2. The smallest absolute Gasteiger partial charge is 0.291 e. The summed E-state index contributed by atoms with van der Waals surface area (Å²) < 4.78 is 35.6. The number of carbonyl (C=O) groups excluding carboxylic acids is 1.